The van der Waals surface area contributed by atoms with Crippen LogP contribution in [-0.4, -0.2) is 39.2 Å². The van der Waals surface area contributed by atoms with E-state index in [0.717, 1.165) is 17.5 Å². The molecule has 0 saturated heterocycles. The lowest BCUT2D eigenvalue weighted by molar-refractivity contribution is -0.109. The quantitative estimate of drug-likeness (QED) is 0.721. The van der Waals surface area contributed by atoms with Gasteiger partial charge in [-0.2, -0.15) is 5.10 Å². The van der Waals surface area contributed by atoms with E-state index in [0.29, 0.717) is 13.1 Å². The number of amides is 1. The molecule has 2 rings (SSSR count). The first-order valence-corrected chi connectivity index (χ1v) is 6.26. The molecule has 104 valence electrons. The first kappa shape index (κ1) is 13.6. The number of aldehydes is 1. The maximum absolute atomic E-state index is 12.1. The second-order valence-corrected chi connectivity index (χ2v) is 5.82. The van der Waals surface area contributed by atoms with E-state index in [9.17, 15) is 9.59 Å². The van der Waals surface area contributed by atoms with Gasteiger partial charge in [0.05, 0.1) is 18.2 Å². The Kier molecular flexibility index (Phi) is 3.34. The van der Waals surface area contributed by atoms with Crippen LogP contribution in [0.2, 0.25) is 0 Å². The number of rotatable bonds is 1. The van der Waals surface area contributed by atoms with Gasteiger partial charge in [-0.3, -0.25) is 4.68 Å². The highest BCUT2D eigenvalue weighted by Gasteiger charge is 2.32. The third kappa shape index (κ3) is 2.94. The summed E-state index contributed by atoms with van der Waals surface area (Å²) in [6.45, 7) is 6.22. The van der Waals surface area contributed by atoms with E-state index in [-0.39, 0.29) is 5.92 Å². The van der Waals surface area contributed by atoms with E-state index in [1.165, 1.54) is 0 Å². The molecular weight excluding hydrogens is 246 g/mol. The fourth-order valence-corrected chi connectivity index (χ4v) is 2.16. The topological polar surface area (TPSA) is 64.4 Å². The number of hydrogen-bond donors (Lipinski definition) is 0. The van der Waals surface area contributed by atoms with Gasteiger partial charge in [0, 0.05) is 25.4 Å². The molecule has 1 aliphatic rings. The SMILES string of the molecule is Cn1cc2c(n1)C(C=O)CN(C(=O)OC(C)(C)C)C2. The monoisotopic (exact) mass is 265 g/mol. The van der Waals surface area contributed by atoms with E-state index in [2.05, 4.69) is 5.10 Å². The number of aryl methyl sites for hydroxylation is 1. The average Bonchev–Trinajstić information content (AvgIpc) is 2.65. The first-order valence-electron chi connectivity index (χ1n) is 6.26. The molecule has 0 bridgehead atoms. The second kappa shape index (κ2) is 4.68. The third-order valence-corrected chi connectivity index (χ3v) is 2.88. The van der Waals surface area contributed by atoms with Crippen LogP contribution in [0.1, 0.15) is 37.9 Å². The molecule has 1 aliphatic heterocycles. The highest BCUT2D eigenvalue weighted by Crippen LogP contribution is 2.26. The molecule has 6 nitrogen and oxygen atoms in total. The molecule has 1 aromatic heterocycles. The lowest BCUT2D eigenvalue weighted by Crippen LogP contribution is -2.41. The Morgan fingerprint density at radius 1 is 1.53 bits per heavy atom. The van der Waals surface area contributed by atoms with E-state index in [1.807, 2.05) is 27.0 Å². The number of hydrogen-bond acceptors (Lipinski definition) is 4. The van der Waals surface area contributed by atoms with Gasteiger partial charge in [0.2, 0.25) is 0 Å². The van der Waals surface area contributed by atoms with Gasteiger partial charge in [-0.15, -0.1) is 0 Å². The lowest BCUT2D eigenvalue weighted by Gasteiger charge is -2.31. The number of carbonyl (C=O) groups is 2. The van der Waals surface area contributed by atoms with Crippen LogP contribution in [0.3, 0.4) is 0 Å². The molecule has 0 fully saturated rings. The Labute approximate surface area is 112 Å². The first-order chi connectivity index (χ1) is 8.80. The van der Waals surface area contributed by atoms with Crippen molar-refractivity contribution in [3.63, 3.8) is 0 Å². The van der Waals surface area contributed by atoms with Gasteiger partial charge in [-0.05, 0) is 20.8 Å². The predicted octanol–water partition coefficient (Wildman–Crippen LogP) is 1.45. The zero-order valence-electron chi connectivity index (χ0n) is 11.7. The molecular formula is C13H19N3O3. The summed E-state index contributed by atoms with van der Waals surface area (Å²) in [5, 5.41) is 4.28. The Morgan fingerprint density at radius 2 is 2.21 bits per heavy atom. The van der Waals surface area contributed by atoms with E-state index in [4.69, 9.17) is 4.74 Å². The van der Waals surface area contributed by atoms with Crippen molar-refractivity contribution in [3.05, 3.63) is 17.5 Å². The molecule has 0 saturated carbocycles. The van der Waals surface area contributed by atoms with Crippen molar-refractivity contribution >= 4 is 12.4 Å². The average molecular weight is 265 g/mol. The van der Waals surface area contributed by atoms with Crippen LogP contribution in [0, 0.1) is 0 Å². The zero-order chi connectivity index (χ0) is 14.2. The van der Waals surface area contributed by atoms with Gasteiger partial charge in [0.25, 0.3) is 0 Å². The highest BCUT2D eigenvalue weighted by molar-refractivity contribution is 5.71. The Hall–Kier alpha value is -1.85. The third-order valence-electron chi connectivity index (χ3n) is 2.88. The van der Waals surface area contributed by atoms with Gasteiger partial charge >= 0.3 is 6.09 Å². The molecule has 0 spiro atoms. The van der Waals surface area contributed by atoms with Crippen LogP contribution in [0.5, 0.6) is 0 Å². The molecule has 2 heterocycles. The van der Waals surface area contributed by atoms with Gasteiger partial charge in [-0.1, -0.05) is 0 Å². The highest BCUT2D eigenvalue weighted by atomic mass is 16.6. The number of fused-ring (bicyclic) bond motifs is 1. The van der Waals surface area contributed by atoms with Crippen LogP contribution >= 0.6 is 0 Å². The summed E-state index contributed by atoms with van der Waals surface area (Å²) in [5.41, 5.74) is 1.12. The lowest BCUT2D eigenvalue weighted by atomic mass is 9.98. The summed E-state index contributed by atoms with van der Waals surface area (Å²) in [4.78, 5) is 24.8. The standard InChI is InChI=1S/C13H19N3O3/c1-13(2,3)19-12(18)16-6-9-5-15(4)14-11(9)10(7-16)8-17/h5,8,10H,6-7H2,1-4H3. The molecule has 6 heteroatoms. The fourth-order valence-electron chi connectivity index (χ4n) is 2.16. The van der Waals surface area contributed by atoms with Gasteiger partial charge < -0.3 is 14.4 Å². The smallest absolute Gasteiger partial charge is 0.410 e. The van der Waals surface area contributed by atoms with Crippen LogP contribution in [-0.2, 0) is 23.1 Å². The number of ether oxygens (including phenoxy) is 1. The van der Waals surface area contributed by atoms with Crippen molar-refractivity contribution in [2.75, 3.05) is 6.54 Å². The molecule has 0 N–H and O–H groups in total. The van der Waals surface area contributed by atoms with E-state index >= 15 is 0 Å². The minimum atomic E-state index is -0.539. The molecule has 1 amide bonds. The molecule has 0 aliphatic carbocycles. The molecule has 0 radical (unpaired) electrons. The summed E-state index contributed by atoms with van der Waals surface area (Å²) in [7, 11) is 1.80. The van der Waals surface area contributed by atoms with Crippen molar-refractivity contribution in [1.29, 1.82) is 0 Å². The molecule has 0 aromatic carbocycles. The zero-order valence-corrected chi connectivity index (χ0v) is 11.7. The van der Waals surface area contributed by atoms with Gasteiger partial charge in [0.1, 0.15) is 11.9 Å². The number of nitrogens with zero attached hydrogens (tertiary/aromatic N) is 3. The summed E-state index contributed by atoms with van der Waals surface area (Å²) in [6.07, 6.45) is 2.28. The van der Waals surface area contributed by atoms with Crippen LogP contribution < -0.4 is 0 Å². The summed E-state index contributed by atoms with van der Waals surface area (Å²) in [6, 6.07) is 0. The van der Waals surface area contributed by atoms with Crippen LogP contribution in [0.4, 0.5) is 4.79 Å². The summed E-state index contributed by atoms with van der Waals surface area (Å²) >= 11 is 0. The molecule has 1 aromatic rings. The maximum Gasteiger partial charge on any atom is 0.410 e. The van der Waals surface area contributed by atoms with E-state index < -0.39 is 11.7 Å². The number of carbonyl (C=O) groups excluding carboxylic acids is 2. The van der Waals surface area contributed by atoms with Crippen LogP contribution in [0.25, 0.3) is 0 Å². The molecule has 19 heavy (non-hydrogen) atoms. The largest absolute Gasteiger partial charge is 0.444 e. The minimum absolute atomic E-state index is 0.322. The van der Waals surface area contributed by atoms with Crippen molar-refractivity contribution in [3.8, 4) is 0 Å². The fraction of sp³-hybridized carbons (Fsp3) is 0.615. The van der Waals surface area contributed by atoms with Gasteiger partial charge in [-0.25, -0.2) is 4.79 Å². The Balaban J connectivity index is 2.19. The minimum Gasteiger partial charge on any atom is -0.444 e. The van der Waals surface area contributed by atoms with E-state index in [1.54, 1.807) is 16.6 Å². The normalized spacial score (nSPS) is 18.9. The number of aromatic nitrogens is 2. The van der Waals surface area contributed by atoms with Crippen LogP contribution in [0.15, 0.2) is 6.20 Å². The van der Waals surface area contributed by atoms with Crippen molar-refractivity contribution in [2.24, 2.45) is 7.05 Å². The second-order valence-electron chi connectivity index (χ2n) is 5.82. The summed E-state index contributed by atoms with van der Waals surface area (Å²) < 4.78 is 7.00. The van der Waals surface area contributed by atoms with Crippen molar-refractivity contribution < 1.29 is 14.3 Å². The van der Waals surface area contributed by atoms with Crippen molar-refractivity contribution in [2.45, 2.75) is 38.8 Å². The van der Waals surface area contributed by atoms with Crippen molar-refractivity contribution in [1.82, 2.24) is 14.7 Å². The summed E-state index contributed by atoms with van der Waals surface area (Å²) in [5.74, 6) is -0.377. The maximum atomic E-state index is 12.1. The Bertz CT molecular complexity index is 502. The molecule has 1 atom stereocenters. The predicted molar refractivity (Wildman–Crippen MR) is 68.7 cm³/mol. The molecule has 1 unspecified atom stereocenters. The Morgan fingerprint density at radius 3 is 2.79 bits per heavy atom. The van der Waals surface area contributed by atoms with Gasteiger partial charge in [0.15, 0.2) is 0 Å².